The van der Waals surface area contributed by atoms with Crippen molar-refractivity contribution in [2.75, 3.05) is 37.0 Å². The van der Waals surface area contributed by atoms with Crippen LogP contribution in [0.4, 0.5) is 11.4 Å². The Balaban J connectivity index is 1.72. The van der Waals surface area contributed by atoms with Crippen molar-refractivity contribution in [2.24, 2.45) is 0 Å². The number of methoxy groups -OCH3 is 1. The molecule has 2 aromatic rings. The molecule has 1 fully saturated rings. The molecule has 1 heterocycles. The zero-order valence-corrected chi connectivity index (χ0v) is 17.3. The van der Waals surface area contributed by atoms with Gasteiger partial charge in [0.05, 0.1) is 18.2 Å². The summed E-state index contributed by atoms with van der Waals surface area (Å²) in [5.41, 5.74) is 2.47. The van der Waals surface area contributed by atoms with E-state index < -0.39 is 0 Å². The van der Waals surface area contributed by atoms with Crippen molar-refractivity contribution in [1.29, 1.82) is 0 Å². The molecule has 0 spiro atoms. The summed E-state index contributed by atoms with van der Waals surface area (Å²) in [5, 5.41) is 2.94. The molecule has 1 amide bonds. The average molecular weight is 433 g/mol. The standard InChI is InChI=1S/C21H25BrN2O3/c1-3-12-27-20-18(22)13-15(14-19(20)26-2)21(25)23-16-6-8-17(9-7-16)24-10-4-5-11-24/h6-9,13-14H,3-5,10-12H2,1-2H3,(H,23,25). The monoisotopic (exact) mass is 432 g/mol. The van der Waals surface area contributed by atoms with E-state index in [1.54, 1.807) is 19.2 Å². The lowest BCUT2D eigenvalue weighted by Crippen LogP contribution is -2.17. The molecule has 0 saturated carbocycles. The Morgan fingerprint density at radius 3 is 2.52 bits per heavy atom. The number of ether oxygens (including phenoxy) is 2. The Kier molecular flexibility index (Phi) is 6.61. The molecule has 6 heteroatoms. The molecular formula is C21H25BrN2O3. The van der Waals surface area contributed by atoms with Gasteiger partial charge < -0.3 is 19.7 Å². The number of nitrogens with one attached hydrogen (secondary N) is 1. The number of carbonyl (C=O) groups excluding carboxylic acids is 1. The fourth-order valence-electron chi connectivity index (χ4n) is 3.13. The van der Waals surface area contributed by atoms with Gasteiger partial charge in [0, 0.05) is 30.0 Å². The van der Waals surface area contributed by atoms with Crippen LogP contribution in [0.3, 0.4) is 0 Å². The summed E-state index contributed by atoms with van der Waals surface area (Å²) >= 11 is 3.48. The third kappa shape index (κ3) is 4.75. The minimum atomic E-state index is -0.190. The van der Waals surface area contributed by atoms with Gasteiger partial charge >= 0.3 is 0 Å². The van der Waals surface area contributed by atoms with Crippen molar-refractivity contribution in [1.82, 2.24) is 0 Å². The minimum absolute atomic E-state index is 0.190. The molecule has 1 saturated heterocycles. The maximum Gasteiger partial charge on any atom is 0.255 e. The average Bonchev–Trinajstić information content (AvgIpc) is 3.21. The first kappa shape index (κ1) is 19.5. The van der Waals surface area contributed by atoms with E-state index in [1.807, 2.05) is 19.1 Å². The lowest BCUT2D eigenvalue weighted by Gasteiger charge is -2.18. The number of hydrogen-bond acceptors (Lipinski definition) is 4. The highest BCUT2D eigenvalue weighted by atomic mass is 79.9. The molecule has 0 aliphatic carbocycles. The summed E-state index contributed by atoms with van der Waals surface area (Å²) < 4.78 is 11.8. The van der Waals surface area contributed by atoms with Gasteiger partial charge in [0.1, 0.15) is 0 Å². The van der Waals surface area contributed by atoms with E-state index in [0.717, 1.165) is 25.2 Å². The first-order valence-electron chi connectivity index (χ1n) is 9.29. The molecule has 2 aromatic carbocycles. The van der Waals surface area contributed by atoms with E-state index in [0.29, 0.717) is 28.1 Å². The Morgan fingerprint density at radius 2 is 1.89 bits per heavy atom. The number of benzene rings is 2. The molecule has 1 aliphatic heterocycles. The fourth-order valence-corrected chi connectivity index (χ4v) is 3.69. The first-order valence-corrected chi connectivity index (χ1v) is 10.1. The smallest absolute Gasteiger partial charge is 0.255 e. The second kappa shape index (κ2) is 9.13. The van der Waals surface area contributed by atoms with Gasteiger partial charge in [-0.2, -0.15) is 0 Å². The van der Waals surface area contributed by atoms with Crippen LogP contribution in [-0.2, 0) is 0 Å². The van der Waals surface area contributed by atoms with Gasteiger partial charge in [-0.1, -0.05) is 6.92 Å². The predicted octanol–water partition coefficient (Wildman–Crippen LogP) is 5.10. The molecule has 0 atom stereocenters. The Bertz CT molecular complexity index is 787. The molecule has 0 radical (unpaired) electrons. The van der Waals surface area contributed by atoms with Crippen molar-refractivity contribution in [3.63, 3.8) is 0 Å². The first-order chi connectivity index (χ1) is 13.1. The maximum absolute atomic E-state index is 12.7. The Hall–Kier alpha value is -2.21. The fraction of sp³-hybridized carbons (Fsp3) is 0.381. The van der Waals surface area contributed by atoms with Crippen LogP contribution in [0, 0.1) is 0 Å². The number of carbonyl (C=O) groups is 1. The molecule has 3 rings (SSSR count). The lowest BCUT2D eigenvalue weighted by molar-refractivity contribution is 0.102. The van der Waals surface area contributed by atoms with E-state index in [2.05, 4.69) is 38.3 Å². The molecule has 5 nitrogen and oxygen atoms in total. The molecule has 1 aliphatic rings. The van der Waals surface area contributed by atoms with Gasteiger partial charge in [-0.3, -0.25) is 4.79 Å². The van der Waals surface area contributed by atoms with Crippen LogP contribution in [-0.4, -0.2) is 32.7 Å². The SMILES string of the molecule is CCCOc1c(Br)cc(C(=O)Nc2ccc(N3CCCC3)cc2)cc1OC. The third-order valence-electron chi connectivity index (χ3n) is 4.54. The van der Waals surface area contributed by atoms with Crippen LogP contribution in [0.25, 0.3) is 0 Å². The number of nitrogens with zero attached hydrogens (tertiary/aromatic N) is 1. The number of anilines is 2. The van der Waals surface area contributed by atoms with Gasteiger partial charge in [-0.15, -0.1) is 0 Å². The van der Waals surface area contributed by atoms with Crippen molar-refractivity contribution < 1.29 is 14.3 Å². The largest absolute Gasteiger partial charge is 0.493 e. The normalized spacial score (nSPS) is 13.5. The van der Waals surface area contributed by atoms with Gasteiger partial charge in [0.2, 0.25) is 0 Å². The van der Waals surface area contributed by atoms with E-state index >= 15 is 0 Å². The second-order valence-electron chi connectivity index (χ2n) is 6.53. The zero-order valence-electron chi connectivity index (χ0n) is 15.8. The van der Waals surface area contributed by atoms with Crippen LogP contribution in [0.5, 0.6) is 11.5 Å². The number of hydrogen-bond donors (Lipinski definition) is 1. The lowest BCUT2D eigenvalue weighted by atomic mass is 10.1. The van der Waals surface area contributed by atoms with E-state index in [-0.39, 0.29) is 5.91 Å². The van der Waals surface area contributed by atoms with Crippen LogP contribution < -0.4 is 19.7 Å². The Morgan fingerprint density at radius 1 is 1.19 bits per heavy atom. The Labute approximate surface area is 168 Å². The summed E-state index contributed by atoms with van der Waals surface area (Å²) in [5.74, 6) is 0.961. The maximum atomic E-state index is 12.7. The molecular weight excluding hydrogens is 408 g/mol. The number of amides is 1. The molecule has 0 bridgehead atoms. The summed E-state index contributed by atoms with van der Waals surface area (Å²) in [6, 6.07) is 11.4. The number of rotatable bonds is 7. The molecule has 1 N–H and O–H groups in total. The van der Waals surface area contributed by atoms with Gasteiger partial charge in [0.15, 0.2) is 11.5 Å². The molecule has 27 heavy (non-hydrogen) atoms. The van der Waals surface area contributed by atoms with Crippen molar-refractivity contribution in [3.8, 4) is 11.5 Å². The highest BCUT2D eigenvalue weighted by molar-refractivity contribution is 9.10. The van der Waals surface area contributed by atoms with Gasteiger partial charge in [-0.25, -0.2) is 0 Å². The second-order valence-corrected chi connectivity index (χ2v) is 7.39. The summed E-state index contributed by atoms with van der Waals surface area (Å²) in [6.45, 7) is 4.83. The van der Waals surface area contributed by atoms with Crippen molar-refractivity contribution in [2.45, 2.75) is 26.2 Å². The van der Waals surface area contributed by atoms with E-state index in [9.17, 15) is 4.79 Å². The van der Waals surface area contributed by atoms with Crippen LogP contribution in [0.1, 0.15) is 36.5 Å². The minimum Gasteiger partial charge on any atom is -0.493 e. The summed E-state index contributed by atoms with van der Waals surface area (Å²) in [6.07, 6.45) is 3.38. The van der Waals surface area contributed by atoms with Gasteiger partial charge in [0.25, 0.3) is 5.91 Å². The van der Waals surface area contributed by atoms with E-state index in [4.69, 9.17) is 9.47 Å². The quantitative estimate of drug-likeness (QED) is 0.660. The highest BCUT2D eigenvalue weighted by Gasteiger charge is 2.16. The zero-order chi connectivity index (χ0) is 19.2. The topological polar surface area (TPSA) is 50.8 Å². The van der Waals surface area contributed by atoms with Crippen molar-refractivity contribution >= 4 is 33.2 Å². The van der Waals surface area contributed by atoms with Crippen molar-refractivity contribution in [3.05, 3.63) is 46.4 Å². The van der Waals surface area contributed by atoms with Gasteiger partial charge in [-0.05, 0) is 71.6 Å². The van der Waals surface area contributed by atoms with E-state index in [1.165, 1.54) is 18.5 Å². The predicted molar refractivity (Wildman–Crippen MR) is 112 cm³/mol. The summed E-state index contributed by atoms with van der Waals surface area (Å²) in [4.78, 5) is 15.0. The van der Waals surface area contributed by atoms with Crippen LogP contribution >= 0.6 is 15.9 Å². The molecule has 0 unspecified atom stereocenters. The van der Waals surface area contributed by atoms with Crippen LogP contribution in [0.2, 0.25) is 0 Å². The highest BCUT2D eigenvalue weighted by Crippen LogP contribution is 2.37. The third-order valence-corrected chi connectivity index (χ3v) is 5.13. The molecule has 144 valence electrons. The van der Waals surface area contributed by atoms with Crippen LogP contribution in [0.15, 0.2) is 40.9 Å². The molecule has 0 aromatic heterocycles. The summed E-state index contributed by atoms with van der Waals surface area (Å²) in [7, 11) is 1.57. The number of halogens is 1.